The van der Waals surface area contributed by atoms with E-state index in [4.69, 9.17) is 0 Å². The lowest BCUT2D eigenvalue weighted by molar-refractivity contribution is 0.309. The maximum absolute atomic E-state index is 3.80. The summed E-state index contributed by atoms with van der Waals surface area (Å²) in [5.74, 6) is 0. The second-order valence-corrected chi connectivity index (χ2v) is 3.12. The van der Waals surface area contributed by atoms with Gasteiger partial charge in [0.25, 0.3) is 0 Å². The highest BCUT2D eigenvalue weighted by molar-refractivity contribution is 4.84. The maximum Gasteiger partial charge on any atom is 0.0172 e. The van der Waals surface area contributed by atoms with Crippen LogP contribution in [0.5, 0.6) is 0 Å². The molecule has 1 radical (unpaired) electrons. The van der Waals surface area contributed by atoms with E-state index < -0.39 is 0 Å². The van der Waals surface area contributed by atoms with Crippen molar-refractivity contribution in [3.63, 3.8) is 0 Å². The topological polar surface area (TPSA) is 3.24 Å². The Morgan fingerprint density at radius 1 is 1.18 bits per heavy atom. The first-order valence-electron chi connectivity index (χ1n) is 4.63. The highest BCUT2D eigenvalue weighted by Gasteiger charge is 2.03. The molecule has 0 aromatic rings. The molecule has 63 valence electrons. The fourth-order valence-electron chi connectivity index (χ4n) is 1.41. The van der Waals surface area contributed by atoms with Crippen molar-refractivity contribution in [1.82, 2.24) is 4.90 Å². The van der Waals surface area contributed by atoms with E-state index in [1.165, 1.54) is 32.4 Å². The van der Waals surface area contributed by atoms with Crippen LogP contribution in [0.3, 0.4) is 0 Å². The van der Waals surface area contributed by atoms with Gasteiger partial charge >= 0.3 is 0 Å². The highest BCUT2D eigenvalue weighted by Crippen LogP contribution is 2.08. The first-order chi connectivity index (χ1) is 5.43. The normalized spacial score (nSPS) is 19.5. The molecule has 1 saturated heterocycles. The minimum atomic E-state index is 1.02. The summed E-state index contributed by atoms with van der Waals surface area (Å²) in [5.41, 5.74) is 0. The average molecular weight is 152 g/mol. The lowest BCUT2D eigenvalue weighted by atomic mass is 10.1. The van der Waals surface area contributed by atoms with E-state index in [1.54, 1.807) is 0 Å². The largest absolute Gasteiger partial charge is 0.378 e. The Labute approximate surface area is 70.1 Å². The van der Waals surface area contributed by atoms with Crippen LogP contribution in [0.4, 0.5) is 0 Å². The molecule has 0 saturated carbocycles. The number of nitrogens with zero attached hydrogens (tertiary/aromatic N) is 1. The Kier molecular flexibility index (Phi) is 4.10. The van der Waals surface area contributed by atoms with Gasteiger partial charge in [-0.3, -0.25) is 0 Å². The van der Waals surface area contributed by atoms with E-state index in [-0.39, 0.29) is 0 Å². The first-order valence-corrected chi connectivity index (χ1v) is 4.63. The van der Waals surface area contributed by atoms with Crippen LogP contribution in [-0.4, -0.2) is 18.0 Å². The van der Waals surface area contributed by atoms with E-state index in [9.17, 15) is 0 Å². The third kappa shape index (κ3) is 3.45. The predicted octanol–water partition coefficient (Wildman–Crippen LogP) is 2.60. The van der Waals surface area contributed by atoms with Crippen molar-refractivity contribution in [2.45, 2.75) is 32.1 Å². The van der Waals surface area contributed by atoms with Gasteiger partial charge < -0.3 is 4.90 Å². The van der Waals surface area contributed by atoms with Crippen LogP contribution in [0.2, 0.25) is 0 Å². The van der Waals surface area contributed by atoms with Crippen LogP contribution in [-0.2, 0) is 0 Å². The Balaban J connectivity index is 2.13. The smallest absolute Gasteiger partial charge is 0.0172 e. The first kappa shape index (κ1) is 8.63. The van der Waals surface area contributed by atoms with Gasteiger partial charge in [0.05, 0.1) is 0 Å². The maximum atomic E-state index is 3.80. The molecule has 1 nitrogen and oxygen atoms in total. The summed E-state index contributed by atoms with van der Waals surface area (Å²) in [6.07, 6.45) is 10.8. The number of hydrogen-bond donors (Lipinski definition) is 0. The molecule has 1 aliphatic heterocycles. The number of unbranched alkanes of at least 4 members (excludes halogenated alkanes) is 1. The van der Waals surface area contributed by atoms with E-state index in [1.807, 2.05) is 0 Å². The van der Waals surface area contributed by atoms with Crippen molar-refractivity contribution in [3.05, 3.63) is 19.2 Å². The molecule has 0 atom stereocenters. The summed E-state index contributed by atoms with van der Waals surface area (Å²) in [5, 5.41) is 0. The molecule has 1 aliphatic rings. The monoisotopic (exact) mass is 152 g/mol. The summed E-state index contributed by atoms with van der Waals surface area (Å²) >= 11 is 0. The molecule has 1 rings (SSSR count). The number of hydrogen-bond acceptors (Lipinski definition) is 1. The molecular weight excluding hydrogens is 134 g/mol. The minimum Gasteiger partial charge on any atom is -0.378 e. The van der Waals surface area contributed by atoms with Crippen LogP contribution in [0.1, 0.15) is 32.1 Å². The van der Waals surface area contributed by atoms with E-state index >= 15 is 0 Å². The zero-order valence-electron chi connectivity index (χ0n) is 7.26. The van der Waals surface area contributed by atoms with Gasteiger partial charge in [0, 0.05) is 13.1 Å². The van der Waals surface area contributed by atoms with E-state index in [2.05, 4.69) is 24.1 Å². The van der Waals surface area contributed by atoms with Gasteiger partial charge in [0.15, 0.2) is 0 Å². The summed E-state index contributed by atoms with van der Waals surface area (Å²) in [4.78, 5) is 2.42. The third-order valence-corrected chi connectivity index (χ3v) is 2.08. The highest BCUT2D eigenvalue weighted by atomic mass is 15.1. The van der Waals surface area contributed by atoms with Gasteiger partial charge in [0.2, 0.25) is 0 Å². The van der Waals surface area contributed by atoms with Crippen molar-refractivity contribution in [1.29, 1.82) is 0 Å². The molecule has 0 aromatic carbocycles. The Morgan fingerprint density at radius 3 is 2.55 bits per heavy atom. The molecule has 0 spiro atoms. The average Bonchev–Trinajstić information content (AvgIpc) is 2.07. The summed E-state index contributed by atoms with van der Waals surface area (Å²) in [6.45, 7) is 6.31. The molecule has 0 bridgehead atoms. The van der Waals surface area contributed by atoms with Gasteiger partial charge in [-0.1, -0.05) is 13.0 Å². The molecule has 1 fully saturated rings. The zero-order chi connectivity index (χ0) is 7.94. The summed E-state index contributed by atoms with van der Waals surface area (Å²) < 4.78 is 0. The second kappa shape index (κ2) is 5.22. The lowest BCUT2D eigenvalue weighted by Gasteiger charge is -2.24. The van der Waals surface area contributed by atoms with E-state index in [0.717, 1.165) is 12.8 Å². The second-order valence-electron chi connectivity index (χ2n) is 3.12. The van der Waals surface area contributed by atoms with Crippen LogP contribution in [0.25, 0.3) is 0 Å². The molecule has 1 heterocycles. The van der Waals surface area contributed by atoms with Crippen molar-refractivity contribution in [2.24, 2.45) is 0 Å². The molecule has 0 amide bonds. The van der Waals surface area contributed by atoms with Gasteiger partial charge in [-0.25, -0.2) is 0 Å². The lowest BCUT2D eigenvalue weighted by Crippen LogP contribution is -2.23. The van der Waals surface area contributed by atoms with Crippen LogP contribution < -0.4 is 0 Å². The molecule has 11 heavy (non-hydrogen) atoms. The standard InChI is InChI=1S/C10H18N/c1-2-3-5-8-11-9-6-4-7-10-11/h5,8H,1-4,6-7,9-10H2. The molecule has 0 unspecified atom stereocenters. The molecule has 1 heteroatoms. The summed E-state index contributed by atoms with van der Waals surface area (Å²) in [6, 6.07) is 0. The molecule has 0 aromatic heterocycles. The van der Waals surface area contributed by atoms with Crippen LogP contribution in [0, 0.1) is 6.92 Å². The Morgan fingerprint density at radius 2 is 1.91 bits per heavy atom. The number of piperidine rings is 1. The molecule has 0 N–H and O–H groups in total. The SMILES string of the molecule is [CH2]CCC=CN1CCCCC1. The minimum absolute atomic E-state index is 1.02. The number of allylic oxidation sites excluding steroid dienone is 1. The van der Waals surface area contributed by atoms with Gasteiger partial charge in [-0.05, 0) is 38.3 Å². The van der Waals surface area contributed by atoms with Crippen molar-refractivity contribution < 1.29 is 0 Å². The third-order valence-electron chi connectivity index (χ3n) is 2.08. The van der Waals surface area contributed by atoms with Gasteiger partial charge in [-0.2, -0.15) is 0 Å². The van der Waals surface area contributed by atoms with Crippen molar-refractivity contribution >= 4 is 0 Å². The molecular formula is C10H18N. The van der Waals surface area contributed by atoms with Gasteiger partial charge in [-0.15, -0.1) is 0 Å². The zero-order valence-corrected chi connectivity index (χ0v) is 7.26. The molecule has 0 aliphatic carbocycles. The number of rotatable bonds is 3. The predicted molar refractivity (Wildman–Crippen MR) is 49.2 cm³/mol. The van der Waals surface area contributed by atoms with E-state index in [0.29, 0.717) is 0 Å². The summed E-state index contributed by atoms with van der Waals surface area (Å²) in [7, 11) is 0. The van der Waals surface area contributed by atoms with Crippen molar-refractivity contribution in [2.75, 3.05) is 13.1 Å². The fourth-order valence-corrected chi connectivity index (χ4v) is 1.41. The van der Waals surface area contributed by atoms with Crippen molar-refractivity contribution in [3.8, 4) is 0 Å². The Hall–Kier alpha value is -0.460. The van der Waals surface area contributed by atoms with Crippen LogP contribution >= 0.6 is 0 Å². The van der Waals surface area contributed by atoms with Gasteiger partial charge in [0.1, 0.15) is 0 Å². The fraction of sp³-hybridized carbons (Fsp3) is 0.700. The Bertz CT molecular complexity index is 112. The number of likely N-dealkylation sites (tertiary alicyclic amines) is 1. The van der Waals surface area contributed by atoms with Crippen LogP contribution in [0.15, 0.2) is 12.3 Å². The quantitative estimate of drug-likeness (QED) is 0.601.